The highest BCUT2D eigenvalue weighted by molar-refractivity contribution is 9.10. The molecule has 0 spiro atoms. The van der Waals surface area contributed by atoms with Gasteiger partial charge in [0.1, 0.15) is 5.76 Å². The maximum Gasteiger partial charge on any atom is 0.125 e. The van der Waals surface area contributed by atoms with E-state index in [0.717, 1.165) is 15.9 Å². The Hall–Kier alpha value is -1.22. The van der Waals surface area contributed by atoms with E-state index in [9.17, 15) is 0 Å². The van der Waals surface area contributed by atoms with Crippen LogP contribution in [0.2, 0.25) is 0 Å². The average molecular weight is 266 g/mol. The fourth-order valence-electron chi connectivity index (χ4n) is 1.40. The molecule has 0 saturated carbocycles. The van der Waals surface area contributed by atoms with Gasteiger partial charge in [-0.15, -0.1) is 0 Å². The van der Waals surface area contributed by atoms with Crippen molar-refractivity contribution in [1.82, 2.24) is 0 Å². The van der Waals surface area contributed by atoms with Crippen LogP contribution in [0.1, 0.15) is 18.7 Å². The van der Waals surface area contributed by atoms with Crippen LogP contribution in [0.15, 0.2) is 51.6 Å². The van der Waals surface area contributed by atoms with Gasteiger partial charge in [0.15, 0.2) is 0 Å². The van der Waals surface area contributed by atoms with Crippen LogP contribution >= 0.6 is 15.9 Å². The van der Waals surface area contributed by atoms with Crippen molar-refractivity contribution in [3.8, 4) is 0 Å². The Balaban J connectivity index is 2.06. The van der Waals surface area contributed by atoms with Crippen LogP contribution in [-0.2, 0) is 0 Å². The number of hydrogen-bond acceptors (Lipinski definition) is 2. The smallest absolute Gasteiger partial charge is 0.125 e. The molecule has 0 amide bonds. The van der Waals surface area contributed by atoms with Gasteiger partial charge in [0, 0.05) is 10.2 Å². The van der Waals surface area contributed by atoms with E-state index < -0.39 is 0 Å². The Morgan fingerprint density at radius 3 is 2.53 bits per heavy atom. The third-order valence-electron chi connectivity index (χ3n) is 2.20. The van der Waals surface area contributed by atoms with Gasteiger partial charge in [-0.25, -0.2) is 0 Å². The monoisotopic (exact) mass is 265 g/mol. The summed E-state index contributed by atoms with van der Waals surface area (Å²) in [6.07, 6.45) is 1.69. The van der Waals surface area contributed by atoms with Crippen molar-refractivity contribution in [3.05, 3.63) is 52.9 Å². The number of anilines is 1. The zero-order valence-electron chi connectivity index (χ0n) is 8.41. The second-order valence-electron chi connectivity index (χ2n) is 3.39. The quantitative estimate of drug-likeness (QED) is 0.899. The van der Waals surface area contributed by atoms with Gasteiger partial charge in [-0.3, -0.25) is 0 Å². The Bertz CT molecular complexity index is 408. The molecular weight excluding hydrogens is 254 g/mol. The summed E-state index contributed by atoms with van der Waals surface area (Å²) in [5.41, 5.74) is 1.09. The lowest BCUT2D eigenvalue weighted by atomic mass is 10.2. The predicted molar refractivity (Wildman–Crippen MR) is 64.9 cm³/mol. The SMILES string of the molecule is CC(Nc1ccc(Br)cc1)c1ccco1. The van der Waals surface area contributed by atoms with Crippen LogP contribution in [-0.4, -0.2) is 0 Å². The summed E-state index contributed by atoms with van der Waals surface area (Å²) in [7, 11) is 0. The molecule has 3 heteroatoms. The normalized spacial score (nSPS) is 12.4. The molecule has 2 aromatic rings. The van der Waals surface area contributed by atoms with Crippen LogP contribution in [0.4, 0.5) is 5.69 Å². The van der Waals surface area contributed by atoms with Gasteiger partial charge in [0.05, 0.1) is 12.3 Å². The number of hydrogen-bond donors (Lipinski definition) is 1. The minimum Gasteiger partial charge on any atom is -0.467 e. The molecule has 0 aliphatic heterocycles. The first kappa shape index (κ1) is 10.3. The third kappa shape index (κ3) is 2.63. The average Bonchev–Trinajstić information content (AvgIpc) is 2.74. The van der Waals surface area contributed by atoms with Gasteiger partial charge in [0.25, 0.3) is 0 Å². The van der Waals surface area contributed by atoms with Crippen molar-refractivity contribution in [3.63, 3.8) is 0 Å². The largest absolute Gasteiger partial charge is 0.467 e. The first-order valence-electron chi connectivity index (χ1n) is 4.81. The van der Waals surface area contributed by atoms with Gasteiger partial charge in [-0.2, -0.15) is 0 Å². The number of benzene rings is 1. The summed E-state index contributed by atoms with van der Waals surface area (Å²) in [4.78, 5) is 0. The molecule has 1 unspecified atom stereocenters. The van der Waals surface area contributed by atoms with Gasteiger partial charge < -0.3 is 9.73 Å². The van der Waals surface area contributed by atoms with Crippen molar-refractivity contribution >= 4 is 21.6 Å². The Kier molecular flexibility index (Phi) is 3.11. The van der Waals surface area contributed by atoms with E-state index >= 15 is 0 Å². The van der Waals surface area contributed by atoms with Crippen LogP contribution in [0.3, 0.4) is 0 Å². The molecule has 0 radical (unpaired) electrons. The van der Waals surface area contributed by atoms with Crippen molar-refractivity contribution in [1.29, 1.82) is 0 Å². The molecular formula is C12H12BrNO. The number of nitrogens with one attached hydrogen (secondary N) is 1. The van der Waals surface area contributed by atoms with Crippen molar-refractivity contribution in [2.24, 2.45) is 0 Å². The molecule has 0 aliphatic carbocycles. The van der Waals surface area contributed by atoms with E-state index in [1.165, 1.54) is 0 Å². The van der Waals surface area contributed by atoms with Crippen LogP contribution in [0.25, 0.3) is 0 Å². The number of furan rings is 1. The summed E-state index contributed by atoms with van der Waals surface area (Å²) in [6, 6.07) is 12.1. The molecule has 0 saturated heterocycles. The second-order valence-corrected chi connectivity index (χ2v) is 4.30. The standard InChI is InChI=1S/C12H12BrNO/c1-9(12-3-2-8-15-12)14-11-6-4-10(13)5-7-11/h2-9,14H,1H3. The summed E-state index contributed by atoms with van der Waals surface area (Å²) in [5.74, 6) is 0.943. The first-order chi connectivity index (χ1) is 7.25. The lowest BCUT2D eigenvalue weighted by Gasteiger charge is -2.12. The molecule has 1 N–H and O–H groups in total. The highest BCUT2D eigenvalue weighted by Gasteiger charge is 2.06. The second kappa shape index (κ2) is 4.53. The topological polar surface area (TPSA) is 25.2 Å². The number of rotatable bonds is 3. The zero-order valence-corrected chi connectivity index (χ0v) is 9.99. The molecule has 1 aromatic heterocycles. The molecule has 15 heavy (non-hydrogen) atoms. The van der Waals surface area contributed by atoms with Crippen molar-refractivity contribution < 1.29 is 4.42 Å². The summed E-state index contributed by atoms with van der Waals surface area (Å²) >= 11 is 3.40. The zero-order chi connectivity index (χ0) is 10.7. The molecule has 2 rings (SSSR count). The predicted octanol–water partition coefficient (Wildman–Crippen LogP) is 4.22. The third-order valence-corrected chi connectivity index (χ3v) is 2.73. The maximum absolute atomic E-state index is 5.32. The van der Waals surface area contributed by atoms with Crippen LogP contribution < -0.4 is 5.32 Å². The summed E-state index contributed by atoms with van der Waals surface area (Å²) < 4.78 is 6.40. The van der Waals surface area contributed by atoms with Gasteiger partial charge in [-0.1, -0.05) is 15.9 Å². The Morgan fingerprint density at radius 2 is 1.93 bits per heavy atom. The van der Waals surface area contributed by atoms with E-state index in [1.54, 1.807) is 6.26 Å². The minimum absolute atomic E-state index is 0.182. The van der Waals surface area contributed by atoms with E-state index in [4.69, 9.17) is 4.42 Å². The lowest BCUT2D eigenvalue weighted by Crippen LogP contribution is -2.04. The summed E-state index contributed by atoms with van der Waals surface area (Å²) in [6.45, 7) is 2.07. The molecule has 0 fully saturated rings. The summed E-state index contributed by atoms with van der Waals surface area (Å²) in [5, 5.41) is 3.36. The highest BCUT2D eigenvalue weighted by Crippen LogP contribution is 2.20. The molecule has 1 heterocycles. The fraction of sp³-hybridized carbons (Fsp3) is 0.167. The van der Waals surface area contributed by atoms with Crippen molar-refractivity contribution in [2.45, 2.75) is 13.0 Å². The molecule has 1 atom stereocenters. The number of halogens is 1. The van der Waals surface area contributed by atoms with E-state index in [-0.39, 0.29) is 6.04 Å². The van der Waals surface area contributed by atoms with Crippen LogP contribution in [0.5, 0.6) is 0 Å². The maximum atomic E-state index is 5.32. The van der Waals surface area contributed by atoms with Gasteiger partial charge >= 0.3 is 0 Å². The first-order valence-corrected chi connectivity index (χ1v) is 5.60. The minimum atomic E-state index is 0.182. The van der Waals surface area contributed by atoms with Gasteiger partial charge in [0.2, 0.25) is 0 Å². The Labute approximate surface area is 97.4 Å². The highest BCUT2D eigenvalue weighted by atomic mass is 79.9. The van der Waals surface area contributed by atoms with Gasteiger partial charge in [-0.05, 0) is 43.3 Å². The van der Waals surface area contributed by atoms with Crippen molar-refractivity contribution in [2.75, 3.05) is 5.32 Å². The Morgan fingerprint density at radius 1 is 1.20 bits per heavy atom. The van der Waals surface area contributed by atoms with Crippen LogP contribution in [0, 0.1) is 0 Å². The fourth-order valence-corrected chi connectivity index (χ4v) is 1.67. The molecule has 2 nitrogen and oxygen atoms in total. The molecule has 0 aliphatic rings. The van der Waals surface area contributed by atoms with E-state index in [2.05, 4.69) is 28.2 Å². The van der Waals surface area contributed by atoms with E-state index in [1.807, 2.05) is 36.4 Å². The molecule has 78 valence electrons. The van der Waals surface area contributed by atoms with E-state index in [0.29, 0.717) is 0 Å². The molecule has 0 bridgehead atoms. The molecule has 1 aromatic carbocycles. The lowest BCUT2D eigenvalue weighted by molar-refractivity contribution is 0.490.